The summed E-state index contributed by atoms with van der Waals surface area (Å²) in [5, 5.41) is 25.4. The van der Waals surface area contributed by atoms with Gasteiger partial charge in [0.1, 0.15) is 28.9 Å². The SMILES string of the molecule is COc1cc(-c2ccccc2)nc2cc(-c3nn([C@H]4C[C@@](C)(O)C4)c(N)c3C#N)ccc12. The summed E-state index contributed by atoms with van der Waals surface area (Å²) in [6.07, 6.45) is 1.11. The lowest BCUT2D eigenvalue weighted by molar-refractivity contribution is -0.0535. The fourth-order valence-corrected chi connectivity index (χ4v) is 4.44. The first kappa shape index (κ1) is 20.0. The van der Waals surface area contributed by atoms with E-state index >= 15 is 0 Å². The Labute approximate surface area is 185 Å². The van der Waals surface area contributed by atoms with Crippen LogP contribution in [0.5, 0.6) is 5.75 Å². The maximum absolute atomic E-state index is 10.1. The Morgan fingerprint density at radius 1 is 1.16 bits per heavy atom. The molecule has 0 saturated heterocycles. The molecule has 0 spiro atoms. The van der Waals surface area contributed by atoms with Crippen molar-refractivity contribution >= 4 is 16.7 Å². The molecule has 0 amide bonds. The van der Waals surface area contributed by atoms with E-state index in [1.165, 1.54) is 0 Å². The summed E-state index contributed by atoms with van der Waals surface area (Å²) in [5.74, 6) is 1.05. The maximum Gasteiger partial charge on any atom is 0.140 e. The summed E-state index contributed by atoms with van der Waals surface area (Å²) in [5.41, 5.74) is 9.69. The third kappa shape index (κ3) is 3.26. The Bertz CT molecular complexity index is 1360. The minimum atomic E-state index is -0.715. The molecule has 1 aliphatic carbocycles. The predicted octanol–water partition coefficient (Wildman–Crippen LogP) is 4.31. The van der Waals surface area contributed by atoms with Gasteiger partial charge in [-0.1, -0.05) is 36.4 Å². The van der Waals surface area contributed by atoms with E-state index in [9.17, 15) is 10.4 Å². The second kappa shape index (κ2) is 7.36. The number of hydrogen-bond donors (Lipinski definition) is 2. The predicted molar refractivity (Wildman–Crippen MR) is 123 cm³/mol. The molecule has 2 aromatic carbocycles. The molecule has 7 nitrogen and oxygen atoms in total. The van der Waals surface area contributed by atoms with Gasteiger partial charge in [0.05, 0.1) is 30.0 Å². The molecule has 3 N–H and O–H groups in total. The van der Waals surface area contributed by atoms with Gasteiger partial charge in [-0.2, -0.15) is 10.4 Å². The van der Waals surface area contributed by atoms with E-state index in [1.54, 1.807) is 18.7 Å². The molecule has 0 unspecified atom stereocenters. The first-order valence-corrected chi connectivity index (χ1v) is 10.5. The minimum absolute atomic E-state index is 0.0193. The Morgan fingerprint density at radius 2 is 1.91 bits per heavy atom. The number of benzene rings is 2. The number of nitriles is 1. The molecule has 2 aromatic heterocycles. The summed E-state index contributed by atoms with van der Waals surface area (Å²) in [4.78, 5) is 4.84. The fraction of sp³-hybridized carbons (Fsp3) is 0.240. The number of anilines is 1. The minimum Gasteiger partial charge on any atom is -0.496 e. The number of fused-ring (bicyclic) bond motifs is 1. The second-order valence-corrected chi connectivity index (χ2v) is 8.53. The molecule has 1 fully saturated rings. The van der Waals surface area contributed by atoms with Crippen LogP contribution in [0.25, 0.3) is 33.4 Å². The molecule has 0 bridgehead atoms. The molecule has 5 rings (SSSR count). The first-order valence-electron chi connectivity index (χ1n) is 10.5. The molecule has 1 aliphatic rings. The average Bonchev–Trinajstić information content (AvgIpc) is 3.12. The van der Waals surface area contributed by atoms with E-state index < -0.39 is 5.60 Å². The van der Waals surface area contributed by atoms with Crippen molar-refractivity contribution in [3.05, 3.63) is 60.2 Å². The summed E-state index contributed by atoms with van der Waals surface area (Å²) in [6, 6.07) is 19.7. The molecular formula is C25H23N5O2. The van der Waals surface area contributed by atoms with Crippen LogP contribution >= 0.6 is 0 Å². The summed E-state index contributed by atoms with van der Waals surface area (Å²) >= 11 is 0. The van der Waals surface area contributed by atoms with E-state index in [2.05, 4.69) is 11.2 Å². The molecule has 0 radical (unpaired) electrons. The zero-order chi connectivity index (χ0) is 22.5. The number of hydrogen-bond acceptors (Lipinski definition) is 6. The molecule has 32 heavy (non-hydrogen) atoms. The molecule has 7 heteroatoms. The van der Waals surface area contributed by atoms with Crippen molar-refractivity contribution < 1.29 is 9.84 Å². The molecular weight excluding hydrogens is 402 g/mol. The van der Waals surface area contributed by atoms with Gasteiger partial charge >= 0.3 is 0 Å². The number of methoxy groups -OCH3 is 1. The van der Waals surface area contributed by atoms with Crippen molar-refractivity contribution in [3.63, 3.8) is 0 Å². The van der Waals surface area contributed by atoms with Gasteiger partial charge in [-0.25, -0.2) is 9.67 Å². The van der Waals surface area contributed by atoms with Crippen molar-refractivity contribution in [3.8, 4) is 34.3 Å². The van der Waals surface area contributed by atoms with E-state index in [0.717, 1.165) is 33.5 Å². The van der Waals surface area contributed by atoms with Crippen LogP contribution in [0.2, 0.25) is 0 Å². The molecule has 0 atom stereocenters. The van der Waals surface area contributed by atoms with Crippen LogP contribution in [-0.4, -0.2) is 32.6 Å². The highest BCUT2D eigenvalue weighted by atomic mass is 16.5. The van der Waals surface area contributed by atoms with Gasteiger partial charge in [-0.05, 0) is 31.9 Å². The average molecular weight is 425 g/mol. The van der Waals surface area contributed by atoms with Crippen molar-refractivity contribution in [2.45, 2.75) is 31.4 Å². The number of nitrogens with zero attached hydrogens (tertiary/aromatic N) is 4. The Hall–Kier alpha value is -3.89. The lowest BCUT2D eigenvalue weighted by Gasteiger charge is -2.41. The van der Waals surface area contributed by atoms with Crippen LogP contribution in [0.4, 0.5) is 5.82 Å². The lowest BCUT2D eigenvalue weighted by atomic mass is 9.77. The van der Waals surface area contributed by atoms with Gasteiger partial charge in [-0.15, -0.1) is 0 Å². The highest BCUT2D eigenvalue weighted by molar-refractivity contribution is 5.91. The first-order chi connectivity index (χ1) is 15.4. The number of nitrogens with two attached hydrogens (primary N) is 1. The number of rotatable bonds is 4. The van der Waals surface area contributed by atoms with Crippen molar-refractivity contribution in [2.75, 3.05) is 12.8 Å². The zero-order valence-corrected chi connectivity index (χ0v) is 17.9. The normalized spacial score (nSPS) is 20.0. The van der Waals surface area contributed by atoms with Gasteiger partial charge < -0.3 is 15.6 Å². The van der Waals surface area contributed by atoms with Crippen LogP contribution in [0, 0.1) is 11.3 Å². The van der Waals surface area contributed by atoms with Crippen molar-refractivity contribution in [2.24, 2.45) is 0 Å². The van der Waals surface area contributed by atoms with Crippen molar-refractivity contribution in [1.29, 1.82) is 5.26 Å². The summed E-state index contributed by atoms with van der Waals surface area (Å²) in [6.45, 7) is 1.79. The quantitative estimate of drug-likeness (QED) is 0.504. The van der Waals surface area contributed by atoms with Crippen LogP contribution in [0.3, 0.4) is 0 Å². The second-order valence-electron chi connectivity index (χ2n) is 8.53. The molecule has 1 saturated carbocycles. The lowest BCUT2D eigenvalue weighted by Crippen LogP contribution is -2.42. The third-order valence-electron chi connectivity index (χ3n) is 6.09. The smallest absolute Gasteiger partial charge is 0.140 e. The van der Waals surface area contributed by atoms with Crippen LogP contribution in [0.15, 0.2) is 54.6 Å². The summed E-state index contributed by atoms with van der Waals surface area (Å²) < 4.78 is 7.29. The van der Waals surface area contributed by atoms with E-state index in [-0.39, 0.29) is 6.04 Å². The third-order valence-corrected chi connectivity index (χ3v) is 6.09. The molecule has 4 aromatic rings. The van der Waals surface area contributed by atoms with E-state index in [1.807, 2.05) is 54.6 Å². The van der Waals surface area contributed by atoms with Gasteiger partial charge in [0.15, 0.2) is 0 Å². The van der Waals surface area contributed by atoms with Gasteiger partial charge in [0.2, 0.25) is 0 Å². The Kier molecular flexibility index (Phi) is 4.61. The fourth-order valence-electron chi connectivity index (χ4n) is 4.44. The van der Waals surface area contributed by atoms with Crippen LogP contribution in [0.1, 0.15) is 31.4 Å². The molecule has 2 heterocycles. The Balaban J connectivity index is 1.63. The van der Waals surface area contributed by atoms with Gasteiger partial charge in [0, 0.05) is 22.6 Å². The van der Waals surface area contributed by atoms with Gasteiger partial charge in [0.25, 0.3) is 0 Å². The number of nitrogen functional groups attached to an aromatic ring is 1. The molecule has 160 valence electrons. The Morgan fingerprint density at radius 3 is 2.56 bits per heavy atom. The largest absolute Gasteiger partial charge is 0.496 e. The highest BCUT2D eigenvalue weighted by Crippen LogP contribution is 2.43. The number of aliphatic hydroxyl groups is 1. The number of pyridine rings is 1. The van der Waals surface area contributed by atoms with E-state index in [0.29, 0.717) is 29.9 Å². The maximum atomic E-state index is 10.1. The topological polar surface area (TPSA) is 110 Å². The van der Waals surface area contributed by atoms with Gasteiger partial charge in [-0.3, -0.25) is 0 Å². The monoisotopic (exact) mass is 425 g/mol. The van der Waals surface area contributed by atoms with Crippen molar-refractivity contribution in [1.82, 2.24) is 14.8 Å². The number of aromatic nitrogens is 3. The van der Waals surface area contributed by atoms with E-state index in [4.69, 9.17) is 15.5 Å². The van der Waals surface area contributed by atoms with Crippen LogP contribution < -0.4 is 10.5 Å². The zero-order valence-electron chi connectivity index (χ0n) is 17.9. The highest BCUT2D eigenvalue weighted by Gasteiger charge is 2.41. The summed E-state index contributed by atoms with van der Waals surface area (Å²) in [7, 11) is 1.64. The van der Waals surface area contributed by atoms with Crippen LogP contribution in [-0.2, 0) is 0 Å². The number of ether oxygens (including phenoxy) is 1. The molecule has 0 aliphatic heterocycles. The standard InChI is InChI=1S/C25H23N5O2/c1-25(31)12-17(13-25)30-24(27)19(14-26)23(29-30)16-8-9-18-21(10-16)28-20(11-22(18)32-2)15-6-4-3-5-7-15/h3-11,17,31H,12-13,27H2,1-2H3/t17-,25+.